The summed E-state index contributed by atoms with van der Waals surface area (Å²) in [4.78, 5) is 4.44. The maximum absolute atomic E-state index is 4.44. The molecule has 0 unspecified atom stereocenters. The minimum absolute atomic E-state index is 1.03. The van der Waals surface area contributed by atoms with E-state index >= 15 is 0 Å². The maximum Gasteiger partial charge on any atom is 0.113 e. The molecule has 0 amide bonds. The number of rotatable bonds is 4. The van der Waals surface area contributed by atoms with Crippen molar-refractivity contribution in [3.63, 3.8) is 0 Å². The molecule has 3 heteroatoms. The van der Waals surface area contributed by atoms with Gasteiger partial charge in [0, 0.05) is 12.6 Å². The summed E-state index contributed by atoms with van der Waals surface area (Å²) in [5, 5.41) is 3.15. The van der Waals surface area contributed by atoms with Crippen molar-refractivity contribution in [1.29, 1.82) is 0 Å². The molecule has 2 rings (SSSR count). The van der Waals surface area contributed by atoms with Gasteiger partial charge in [-0.3, -0.25) is 0 Å². The molecule has 2 heterocycles. The fourth-order valence-corrected chi connectivity index (χ4v) is 1.77. The van der Waals surface area contributed by atoms with Gasteiger partial charge in [0.25, 0.3) is 0 Å². The highest BCUT2D eigenvalue weighted by molar-refractivity contribution is 5.48. The lowest BCUT2D eigenvalue weighted by atomic mass is 10.2. The number of aryl methyl sites for hydroxylation is 2. The van der Waals surface area contributed by atoms with Crippen molar-refractivity contribution in [2.45, 2.75) is 19.8 Å². The quantitative estimate of drug-likeness (QED) is 0.768. The molecule has 0 saturated heterocycles. The first-order chi connectivity index (χ1) is 7.31. The van der Waals surface area contributed by atoms with Gasteiger partial charge in [0.15, 0.2) is 0 Å². The smallest absolute Gasteiger partial charge is 0.113 e. The lowest BCUT2D eigenvalue weighted by molar-refractivity contribution is 0.701. The Morgan fingerprint density at radius 1 is 1.47 bits per heavy atom. The molecule has 0 aliphatic carbocycles. The van der Waals surface area contributed by atoms with Crippen molar-refractivity contribution in [2.24, 2.45) is 0 Å². The minimum Gasteiger partial charge on any atom is -0.320 e. The Bertz CT molecular complexity index is 445. The molecular formula is C12H17N3. The van der Waals surface area contributed by atoms with Crippen LogP contribution in [0.5, 0.6) is 0 Å². The van der Waals surface area contributed by atoms with Gasteiger partial charge in [0.2, 0.25) is 0 Å². The molecule has 0 bridgehead atoms. The van der Waals surface area contributed by atoms with E-state index in [4.69, 9.17) is 0 Å². The van der Waals surface area contributed by atoms with Crippen LogP contribution in [0.15, 0.2) is 24.5 Å². The van der Waals surface area contributed by atoms with Gasteiger partial charge < -0.3 is 9.72 Å². The molecular weight excluding hydrogens is 186 g/mol. The summed E-state index contributed by atoms with van der Waals surface area (Å²) < 4.78 is 2.17. The van der Waals surface area contributed by atoms with Crippen LogP contribution in [0, 0.1) is 6.92 Å². The molecule has 15 heavy (non-hydrogen) atoms. The predicted octanol–water partition coefficient (Wildman–Crippen LogP) is 1.79. The van der Waals surface area contributed by atoms with Gasteiger partial charge in [0.05, 0.1) is 11.7 Å². The van der Waals surface area contributed by atoms with E-state index in [-0.39, 0.29) is 0 Å². The summed E-state index contributed by atoms with van der Waals surface area (Å²) in [6, 6.07) is 4.28. The Balaban J connectivity index is 2.21. The molecule has 0 aromatic carbocycles. The Morgan fingerprint density at radius 3 is 3.13 bits per heavy atom. The van der Waals surface area contributed by atoms with Crippen molar-refractivity contribution in [2.75, 3.05) is 13.6 Å². The summed E-state index contributed by atoms with van der Waals surface area (Å²) in [5.74, 6) is 1.15. The molecule has 2 aromatic heterocycles. The molecule has 3 nitrogen and oxygen atoms in total. The number of hydrogen-bond donors (Lipinski definition) is 1. The Labute approximate surface area is 90.1 Å². The first kappa shape index (κ1) is 10.2. The normalized spacial score (nSPS) is 11.1. The van der Waals surface area contributed by atoms with E-state index < -0.39 is 0 Å². The van der Waals surface area contributed by atoms with Crippen LogP contribution < -0.4 is 5.32 Å². The average Bonchev–Trinajstić information content (AvgIpc) is 2.61. The lowest BCUT2D eigenvalue weighted by Gasteiger charge is -2.01. The van der Waals surface area contributed by atoms with E-state index in [9.17, 15) is 0 Å². The molecule has 2 aromatic rings. The maximum atomic E-state index is 4.44. The van der Waals surface area contributed by atoms with Crippen molar-refractivity contribution in [1.82, 2.24) is 14.7 Å². The zero-order chi connectivity index (χ0) is 10.7. The summed E-state index contributed by atoms with van der Waals surface area (Å²) in [7, 11) is 1.98. The Kier molecular flexibility index (Phi) is 3.02. The van der Waals surface area contributed by atoms with Gasteiger partial charge in [-0.2, -0.15) is 0 Å². The lowest BCUT2D eigenvalue weighted by Crippen LogP contribution is -2.09. The summed E-state index contributed by atoms with van der Waals surface area (Å²) in [6.45, 7) is 3.15. The van der Waals surface area contributed by atoms with Gasteiger partial charge in [-0.05, 0) is 44.6 Å². The van der Waals surface area contributed by atoms with Crippen molar-refractivity contribution in [3.8, 4) is 0 Å². The number of nitrogens with zero attached hydrogens (tertiary/aromatic N) is 2. The van der Waals surface area contributed by atoms with Crippen LogP contribution in [0.4, 0.5) is 0 Å². The largest absolute Gasteiger partial charge is 0.320 e. The number of nitrogens with one attached hydrogen (secondary N) is 1. The molecule has 0 saturated carbocycles. The fourth-order valence-electron chi connectivity index (χ4n) is 1.77. The molecule has 0 radical (unpaired) electrons. The van der Waals surface area contributed by atoms with Crippen LogP contribution in [0.3, 0.4) is 0 Å². The minimum atomic E-state index is 1.03. The number of aromatic nitrogens is 2. The molecule has 0 fully saturated rings. The second-order valence-corrected chi connectivity index (χ2v) is 3.88. The molecule has 0 aliphatic rings. The van der Waals surface area contributed by atoms with Gasteiger partial charge in [-0.15, -0.1) is 0 Å². The number of imidazole rings is 1. The second-order valence-electron chi connectivity index (χ2n) is 3.88. The predicted molar refractivity (Wildman–Crippen MR) is 62.2 cm³/mol. The van der Waals surface area contributed by atoms with E-state index in [0.717, 1.165) is 25.2 Å². The molecule has 80 valence electrons. The highest BCUT2D eigenvalue weighted by Gasteiger charge is 2.02. The zero-order valence-electron chi connectivity index (χ0n) is 9.33. The van der Waals surface area contributed by atoms with Crippen LogP contribution in [-0.4, -0.2) is 23.0 Å². The number of fused-ring (bicyclic) bond motifs is 1. The van der Waals surface area contributed by atoms with Gasteiger partial charge in [-0.25, -0.2) is 4.98 Å². The van der Waals surface area contributed by atoms with Crippen LogP contribution in [0.25, 0.3) is 5.52 Å². The van der Waals surface area contributed by atoms with Gasteiger partial charge in [0.1, 0.15) is 5.82 Å². The van der Waals surface area contributed by atoms with E-state index in [1.807, 2.05) is 13.2 Å². The topological polar surface area (TPSA) is 29.3 Å². The zero-order valence-corrected chi connectivity index (χ0v) is 9.33. The van der Waals surface area contributed by atoms with Crippen molar-refractivity contribution in [3.05, 3.63) is 35.9 Å². The van der Waals surface area contributed by atoms with Crippen LogP contribution in [-0.2, 0) is 6.42 Å². The van der Waals surface area contributed by atoms with Crippen molar-refractivity contribution >= 4 is 5.52 Å². The first-order valence-electron chi connectivity index (χ1n) is 5.38. The van der Waals surface area contributed by atoms with Crippen LogP contribution in [0.2, 0.25) is 0 Å². The number of hydrogen-bond acceptors (Lipinski definition) is 2. The van der Waals surface area contributed by atoms with Crippen molar-refractivity contribution < 1.29 is 0 Å². The van der Waals surface area contributed by atoms with E-state index in [0.29, 0.717) is 0 Å². The number of pyridine rings is 1. The standard InChI is InChI=1S/C12H17N3/c1-10-5-7-15-11(8-10)9-14-12(15)4-3-6-13-2/h5,7-9,13H,3-4,6H2,1-2H3. The summed E-state index contributed by atoms with van der Waals surface area (Å²) in [6.07, 6.45) is 6.20. The molecule has 0 spiro atoms. The highest BCUT2D eigenvalue weighted by atomic mass is 15.0. The summed E-state index contributed by atoms with van der Waals surface area (Å²) in [5.41, 5.74) is 2.47. The van der Waals surface area contributed by atoms with Crippen LogP contribution >= 0.6 is 0 Å². The van der Waals surface area contributed by atoms with E-state index in [2.05, 4.69) is 40.0 Å². The summed E-state index contributed by atoms with van der Waals surface area (Å²) >= 11 is 0. The highest BCUT2D eigenvalue weighted by Crippen LogP contribution is 2.10. The third-order valence-corrected chi connectivity index (χ3v) is 2.59. The van der Waals surface area contributed by atoms with Gasteiger partial charge >= 0.3 is 0 Å². The average molecular weight is 203 g/mol. The third kappa shape index (κ3) is 2.18. The van der Waals surface area contributed by atoms with E-state index in [1.165, 1.54) is 11.1 Å². The first-order valence-corrected chi connectivity index (χ1v) is 5.38. The Hall–Kier alpha value is -1.35. The molecule has 1 N–H and O–H groups in total. The monoisotopic (exact) mass is 203 g/mol. The van der Waals surface area contributed by atoms with E-state index in [1.54, 1.807) is 0 Å². The SMILES string of the molecule is CNCCCc1ncc2cc(C)ccn12. The second kappa shape index (κ2) is 4.45. The molecule has 0 aliphatic heterocycles. The third-order valence-electron chi connectivity index (χ3n) is 2.59. The van der Waals surface area contributed by atoms with Gasteiger partial charge in [-0.1, -0.05) is 0 Å². The Morgan fingerprint density at radius 2 is 2.33 bits per heavy atom. The van der Waals surface area contributed by atoms with Crippen LogP contribution in [0.1, 0.15) is 17.8 Å². The molecule has 0 atom stereocenters. The fraction of sp³-hybridized carbons (Fsp3) is 0.417.